The van der Waals surface area contributed by atoms with Gasteiger partial charge in [0, 0.05) is 18.0 Å². The normalized spacial score (nSPS) is 11.6. The maximum Gasteiger partial charge on any atom is 0.136 e. The summed E-state index contributed by atoms with van der Waals surface area (Å²) in [5.74, 6) is 0.272. The molecule has 0 aliphatic carbocycles. The summed E-state index contributed by atoms with van der Waals surface area (Å²) in [4.78, 5) is 0. The van der Waals surface area contributed by atoms with E-state index in [1.165, 1.54) is 12.1 Å². The van der Waals surface area contributed by atoms with Crippen molar-refractivity contribution in [2.45, 2.75) is 27.2 Å². The van der Waals surface area contributed by atoms with Crippen LogP contribution in [0.15, 0.2) is 22.7 Å². The van der Waals surface area contributed by atoms with Crippen molar-refractivity contribution >= 4 is 15.9 Å². The predicted octanol–water partition coefficient (Wildman–Crippen LogP) is 3.99. The molecule has 0 aromatic heterocycles. The maximum atomic E-state index is 13.1. The van der Waals surface area contributed by atoms with E-state index in [1.54, 1.807) is 6.07 Å². The van der Waals surface area contributed by atoms with Gasteiger partial charge in [0.15, 0.2) is 0 Å². The van der Waals surface area contributed by atoms with E-state index in [0.717, 1.165) is 24.0 Å². The van der Waals surface area contributed by atoms with Crippen LogP contribution in [0.2, 0.25) is 0 Å². The van der Waals surface area contributed by atoms with Gasteiger partial charge in [-0.25, -0.2) is 4.39 Å². The number of rotatable bonds is 7. The second kappa shape index (κ2) is 7.10. The van der Waals surface area contributed by atoms with Gasteiger partial charge in [0.1, 0.15) is 11.6 Å². The van der Waals surface area contributed by atoms with Crippen molar-refractivity contribution in [2.75, 3.05) is 19.7 Å². The van der Waals surface area contributed by atoms with Crippen LogP contribution in [0.5, 0.6) is 5.75 Å². The Bertz CT molecular complexity index is 382. The molecule has 102 valence electrons. The Labute approximate surface area is 117 Å². The smallest absolute Gasteiger partial charge is 0.136 e. The zero-order chi connectivity index (χ0) is 13.6. The van der Waals surface area contributed by atoms with E-state index >= 15 is 0 Å². The standard InChI is InChI=1S/C14H21BrFNO/c1-4-7-17-9-14(2,3)10-18-13-8-11(16)5-6-12(13)15/h5-6,8,17H,4,7,9-10H2,1-3H3. The van der Waals surface area contributed by atoms with Gasteiger partial charge in [0.2, 0.25) is 0 Å². The summed E-state index contributed by atoms with van der Waals surface area (Å²) in [6.45, 7) is 8.83. The lowest BCUT2D eigenvalue weighted by Gasteiger charge is -2.25. The molecule has 0 radical (unpaired) electrons. The van der Waals surface area contributed by atoms with Crippen LogP contribution in [0.4, 0.5) is 4.39 Å². The molecule has 0 spiro atoms. The molecule has 0 bridgehead atoms. The molecule has 0 fully saturated rings. The largest absolute Gasteiger partial charge is 0.492 e. The molecule has 1 N–H and O–H groups in total. The topological polar surface area (TPSA) is 21.3 Å². The van der Waals surface area contributed by atoms with Crippen LogP contribution in [-0.2, 0) is 0 Å². The molecule has 4 heteroatoms. The predicted molar refractivity (Wildman–Crippen MR) is 76.5 cm³/mol. The maximum absolute atomic E-state index is 13.1. The van der Waals surface area contributed by atoms with Crippen LogP contribution >= 0.6 is 15.9 Å². The van der Waals surface area contributed by atoms with Gasteiger partial charge in [-0.15, -0.1) is 0 Å². The molecule has 2 nitrogen and oxygen atoms in total. The fourth-order valence-electron chi connectivity index (χ4n) is 1.52. The molecule has 0 atom stereocenters. The Morgan fingerprint density at radius 2 is 2.11 bits per heavy atom. The lowest BCUT2D eigenvalue weighted by atomic mass is 9.95. The number of ether oxygens (including phenoxy) is 1. The van der Waals surface area contributed by atoms with E-state index < -0.39 is 0 Å². The first kappa shape index (κ1) is 15.4. The van der Waals surface area contributed by atoms with Gasteiger partial charge in [-0.3, -0.25) is 0 Å². The molecule has 1 aromatic rings. The first-order valence-electron chi connectivity index (χ1n) is 6.23. The molecular formula is C14H21BrFNO. The van der Waals surface area contributed by atoms with E-state index in [4.69, 9.17) is 4.74 Å². The monoisotopic (exact) mass is 317 g/mol. The summed E-state index contributed by atoms with van der Waals surface area (Å²) in [6.07, 6.45) is 1.12. The molecule has 0 aliphatic rings. The third kappa shape index (κ3) is 5.36. The van der Waals surface area contributed by atoms with Crippen molar-refractivity contribution in [1.82, 2.24) is 5.32 Å². The Morgan fingerprint density at radius 3 is 2.78 bits per heavy atom. The van der Waals surface area contributed by atoms with Crippen molar-refractivity contribution in [1.29, 1.82) is 0 Å². The van der Waals surface area contributed by atoms with E-state index in [1.807, 2.05) is 0 Å². The molecule has 1 aromatic carbocycles. The highest BCUT2D eigenvalue weighted by Crippen LogP contribution is 2.27. The highest BCUT2D eigenvalue weighted by molar-refractivity contribution is 9.10. The van der Waals surface area contributed by atoms with Gasteiger partial charge in [-0.2, -0.15) is 0 Å². The van der Waals surface area contributed by atoms with Crippen LogP contribution in [0.25, 0.3) is 0 Å². The number of benzene rings is 1. The summed E-state index contributed by atoms with van der Waals surface area (Å²) in [7, 11) is 0. The average Bonchev–Trinajstić information content (AvgIpc) is 2.31. The summed E-state index contributed by atoms with van der Waals surface area (Å²) >= 11 is 3.35. The zero-order valence-corrected chi connectivity index (χ0v) is 12.8. The molecule has 0 amide bonds. The lowest BCUT2D eigenvalue weighted by molar-refractivity contribution is 0.175. The summed E-state index contributed by atoms with van der Waals surface area (Å²) in [6, 6.07) is 4.47. The Morgan fingerprint density at radius 1 is 1.39 bits per heavy atom. The van der Waals surface area contributed by atoms with Gasteiger partial charge < -0.3 is 10.1 Å². The number of hydrogen-bond donors (Lipinski definition) is 1. The Hall–Kier alpha value is -0.610. The molecule has 0 saturated heterocycles. The van der Waals surface area contributed by atoms with E-state index in [9.17, 15) is 4.39 Å². The van der Waals surface area contributed by atoms with Gasteiger partial charge in [0.25, 0.3) is 0 Å². The second-order valence-electron chi connectivity index (χ2n) is 5.20. The molecule has 0 aliphatic heterocycles. The van der Waals surface area contributed by atoms with Crippen LogP contribution in [0.3, 0.4) is 0 Å². The second-order valence-corrected chi connectivity index (χ2v) is 6.06. The van der Waals surface area contributed by atoms with Crippen LogP contribution in [0.1, 0.15) is 27.2 Å². The summed E-state index contributed by atoms with van der Waals surface area (Å²) < 4.78 is 19.6. The van der Waals surface area contributed by atoms with Gasteiger partial charge in [0.05, 0.1) is 11.1 Å². The number of hydrogen-bond acceptors (Lipinski definition) is 2. The third-order valence-electron chi connectivity index (χ3n) is 2.54. The van der Waals surface area contributed by atoms with E-state index in [0.29, 0.717) is 12.4 Å². The van der Waals surface area contributed by atoms with Crippen molar-refractivity contribution in [3.63, 3.8) is 0 Å². The minimum Gasteiger partial charge on any atom is -0.492 e. The van der Waals surface area contributed by atoms with Crippen LogP contribution in [0, 0.1) is 11.2 Å². The quantitative estimate of drug-likeness (QED) is 0.768. The van der Waals surface area contributed by atoms with Gasteiger partial charge in [-0.1, -0.05) is 20.8 Å². The van der Waals surface area contributed by atoms with Crippen molar-refractivity contribution in [3.8, 4) is 5.75 Å². The molecule has 18 heavy (non-hydrogen) atoms. The SMILES string of the molecule is CCCNCC(C)(C)COc1cc(F)ccc1Br. The Balaban J connectivity index is 2.50. The van der Waals surface area contributed by atoms with Crippen molar-refractivity contribution < 1.29 is 9.13 Å². The van der Waals surface area contributed by atoms with Crippen molar-refractivity contribution in [3.05, 3.63) is 28.5 Å². The first-order valence-corrected chi connectivity index (χ1v) is 7.02. The fraction of sp³-hybridized carbons (Fsp3) is 0.571. The molecule has 0 heterocycles. The Kier molecular flexibility index (Phi) is 6.09. The summed E-state index contributed by atoms with van der Waals surface area (Å²) in [5.41, 5.74) is 0.0148. The van der Waals surface area contributed by atoms with E-state index in [-0.39, 0.29) is 11.2 Å². The average molecular weight is 318 g/mol. The lowest BCUT2D eigenvalue weighted by Crippen LogP contribution is -2.34. The van der Waals surface area contributed by atoms with Gasteiger partial charge in [-0.05, 0) is 41.0 Å². The van der Waals surface area contributed by atoms with Crippen LogP contribution < -0.4 is 10.1 Å². The molecular weight excluding hydrogens is 297 g/mol. The highest BCUT2D eigenvalue weighted by atomic mass is 79.9. The minimum absolute atomic E-state index is 0.0148. The van der Waals surface area contributed by atoms with Gasteiger partial charge >= 0.3 is 0 Å². The zero-order valence-electron chi connectivity index (χ0n) is 11.2. The molecule has 1 rings (SSSR count). The first-order chi connectivity index (χ1) is 8.44. The minimum atomic E-state index is -0.282. The van der Waals surface area contributed by atoms with E-state index in [2.05, 4.69) is 42.0 Å². The van der Waals surface area contributed by atoms with Crippen molar-refractivity contribution in [2.24, 2.45) is 5.41 Å². The highest BCUT2D eigenvalue weighted by Gasteiger charge is 2.19. The molecule has 0 unspecified atom stereocenters. The number of halogens is 2. The molecule has 0 saturated carbocycles. The number of nitrogens with one attached hydrogen (secondary N) is 1. The fourth-order valence-corrected chi connectivity index (χ4v) is 1.88. The van der Waals surface area contributed by atoms with Crippen LogP contribution in [-0.4, -0.2) is 19.7 Å². The summed E-state index contributed by atoms with van der Waals surface area (Å²) in [5, 5.41) is 3.37. The third-order valence-corrected chi connectivity index (χ3v) is 3.20.